The minimum atomic E-state index is 0.535. The fraction of sp³-hybridized carbons (Fsp3) is 0. The lowest BCUT2D eigenvalue weighted by atomic mass is 10.3. The summed E-state index contributed by atoms with van der Waals surface area (Å²) in [7, 11) is 0. The van der Waals surface area contributed by atoms with Crippen molar-refractivity contribution in [1.29, 1.82) is 0 Å². The highest BCUT2D eigenvalue weighted by atomic mass is 127. The summed E-state index contributed by atoms with van der Waals surface area (Å²) in [5.41, 5.74) is 2.96. The first-order chi connectivity index (χ1) is 10.2. The number of hydrogen-bond acceptors (Lipinski definition) is 5. The average Bonchev–Trinajstić information content (AvgIpc) is 3.00. The van der Waals surface area contributed by atoms with Crippen molar-refractivity contribution in [2.45, 2.75) is 0 Å². The van der Waals surface area contributed by atoms with E-state index < -0.39 is 0 Å². The SMILES string of the molecule is IC1=NC(=Nc2[nH]c(I)c3nccnc23)c2nccnc21. The van der Waals surface area contributed by atoms with Crippen LogP contribution in [0.1, 0.15) is 11.4 Å². The van der Waals surface area contributed by atoms with Gasteiger partial charge in [0.1, 0.15) is 29.8 Å². The van der Waals surface area contributed by atoms with Gasteiger partial charge in [0, 0.05) is 24.8 Å². The van der Waals surface area contributed by atoms with Crippen molar-refractivity contribution < 1.29 is 0 Å². The molecule has 0 radical (unpaired) electrons. The predicted molar refractivity (Wildman–Crippen MR) is 95.4 cm³/mol. The number of amidine groups is 1. The van der Waals surface area contributed by atoms with E-state index in [-0.39, 0.29) is 0 Å². The van der Waals surface area contributed by atoms with Crippen LogP contribution >= 0.6 is 45.2 Å². The van der Waals surface area contributed by atoms with Crippen molar-refractivity contribution in [3.05, 3.63) is 39.9 Å². The van der Waals surface area contributed by atoms with E-state index in [1.807, 2.05) is 0 Å². The molecule has 0 saturated heterocycles. The number of aromatic amines is 1. The Kier molecular flexibility index (Phi) is 3.17. The summed E-state index contributed by atoms with van der Waals surface area (Å²) >= 11 is 4.31. The van der Waals surface area contributed by atoms with Gasteiger partial charge >= 0.3 is 0 Å². The molecule has 1 aliphatic heterocycles. The maximum Gasteiger partial charge on any atom is 0.183 e. The number of aliphatic imine (C=N–C) groups is 2. The van der Waals surface area contributed by atoms with Crippen molar-refractivity contribution in [3.8, 4) is 0 Å². The predicted octanol–water partition coefficient (Wildman–Crippen LogP) is 2.63. The number of hydrogen-bond donors (Lipinski definition) is 1. The molecule has 0 fully saturated rings. The number of rotatable bonds is 1. The highest BCUT2D eigenvalue weighted by Crippen LogP contribution is 2.28. The summed E-state index contributed by atoms with van der Waals surface area (Å²) < 4.78 is 1.68. The Morgan fingerprint density at radius 3 is 2.33 bits per heavy atom. The number of fused-ring (bicyclic) bond motifs is 2. The molecule has 21 heavy (non-hydrogen) atoms. The molecule has 1 aliphatic rings. The van der Waals surface area contributed by atoms with Gasteiger partial charge in [-0.2, -0.15) is 0 Å². The van der Waals surface area contributed by atoms with Crippen LogP contribution in [-0.4, -0.2) is 34.5 Å². The van der Waals surface area contributed by atoms with Crippen LogP contribution in [0.3, 0.4) is 0 Å². The normalized spacial score (nSPS) is 15.5. The van der Waals surface area contributed by atoms with Crippen LogP contribution in [0.4, 0.5) is 5.82 Å². The first kappa shape index (κ1) is 13.2. The molecule has 0 aliphatic carbocycles. The van der Waals surface area contributed by atoms with Crippen LogP contribution in [0.25, 0.3) is 11.0 Å². The zero-order valence-electron chi connectivity index (χ0n) is 10.2. The molecule has 0 saturated carbocycles. The lowest BCUT2D eigenvalue weighted by Crippen LogP contribution is -2.00. The van der Waals surface area contributed by atoms with Gasteiger partial charge < -0.3 is 4.98 Å². The summed E-state index contributed by atoms with van der Waals surface area (Å²) in [6.45, 7) is 0. The minimum absolute atomic E-state index is 0.535. The van der Waals surface area contributed by atoms with Crippen LogP contribution in [0, 0.1) is 3.70 Å². The zero-order valence-corrected chi connectivity index (χ0v) is 14.6. The number of halogens is 2. The maximum atomic E-state index is 4.56. The largest absolute Gasteiger partial charge is 0.331 e. The van der Waals surface area contributed by atoms with Gasteiger partial charge in [-0.1, -0.05) is 0 Å². The third-order valence-electron chi connectivity index (χ3n) is 2.89. The van der Waals surface area contributed by atoms with Crippen molar-refractivity contribution in [3.63, 3.8) is 0 Å². The highest BCUT2D eigenvalue weighted by molar-refractivity contribution is 14.1. The molecule has 4 rings (SSSR count). The van der Waals surface area contributed by atoms with Gasteiger partial charge in [-0.15, -0.1) is 0 Å². The summed E-state index contributed by atoms with van der Waals surface area (Å²) in [5.74, 6) is 1.16. The van der Waals surface area contributed by atoms with E-state index in [1.165, 1.54) is 0 Å². The van der Waals surface area contributed by atoms with Gasteiger partial charge in [-0.05, 0) is 45.2 Å². The van der Waals surface area contributed by atoms with Crippen molar-refractivity contribution >= 4 is 71.6 Å². The lowest BCUT2D eigenvalue weighted by Gasteiger charge is -1.96. The first-order valence-corrected chi connectivity index (χ1v) is 8.02. The van der Waals surface area contributed by atoms with Gasteiger partial charge in [-0.25, -0.2) is 20.0 Å². The van der Waals surface area contributed by atoms with E-state index in [0.29, 0.717) is 17.3 Å². The van der Waals surface area contributed by atoms with Gasteiger partial charge in [0.25, 0.3) is 0 Å². The molecule has 0 bridgehead atoms. The maximum absolute atomic E-state index is 4.56. The third kappa shape index (κ3) is 2.14. The fourth-order valence-corrected chi connectivity index (χ4v) is 3.28. The van der Waals surface area contributed by atoms with Crippen LogP contribution in [0.2, 0.25) is 0 Å². The van der Waals surface area contributed by atoms with Crippen LogP contribution in [0.15, 0.2) is 34.8 Å². The van der Waals surface area contributed by atoms with Crippen molar-refractivity contribution in [1.82, 2.24) is 24.9 Å². The topological polar surface area (TPSA) is 92.1 Å². The molecule has 3 aromatic rings. The van der Waals surface area contributed by atoms with Crippen LogP contribution in [-0.2, 0) is 0 Å². The Labute approximate surface area is 145 Å². The van der Waals surface area contributed by atoms with Gasteiger partial charge in [-0.3, -0.25) is 9.97 Å². The molecule has 0 unspecified atom stereocenters. The second-order valence-corrected chi connectivity index (χ2v) is 6.23. The molecule has 3 aromatic heterocycles. The molecule has 0 spiro atoms. The summed E-state index contributed by atoms with van der Waals surface area (Å²) in [6.07, 6.45) is 6.59. The van der Waals surface area contributed by atoms with E-state index in [9.17, 15) is 0 Å². The Morgan fingerprint density at radius 1 is 0.857 bits per heavy atom. The number of aromatic nitrogens is 5. The Balaban J connectivity index is 1.93. The molecule has 1 N–H and O–H groups in total. The summed E-state index contributed by atoms with van der Waals surface area (Å²) in [5, 5.41) is 0. The number of nitrogens with zero attached hydrogens (tertiary/aromatic N) is 6. The van der Waals surface area contributed by atoms with E-state index in [4.69, 9.17) is 0 Å². The molecular formula is C12H5I2N7. The molecule has 4 heterocycles. The van der Waals surface area contributed by atoms with Gasteiger partial charge in [0.15, 0.2) is 11.7 Å². The first-order valence-electron chi connectivity index (χ1n) is 5.87. The van der Waals surface area contributed by atoms with E-state index in [1.54, 1.807) is 24.8 Å². The zero-order chi connectivity index (χ0) is 14.4. The third-order valence-corrected chi connectivity index (χ3v) is 4.42. The van der Waals surface area contributed by atoms with Gasteiger partial charge in [0.2, 0.25) is 0 Å². The average molecular weight is 501 g/mol. The Morgan fingerprint density at radius 2 is 1.52 bits per heavy atom. The quantitative estimate of drug-likeness (QED) is 0.520. The van der Waals surface area contributed by atoms with Crippen LogP contribution < -0.4 is 0 Å². The second kappa shape index (κ2) is 5.05. The lowest BCUT2D eigenvalue weighted by molar-refractivity contribution is 1.17. The molecule has 0 atom stereocenters. The van der Waals surface area contributed by atoms with Crippen molar-refractivity contribution in [2.75, 3.05) is 0 Å². The summed E-state index contributed by atoms with van der Waals surface area (Å²) in [4.78, 5) is 29.4. The number of nitrogens with one attached hydrogen (secondary N) is 1. The van der Waals surface area contributed by atoms with E-state index >= 15 is 0 Å². The van der Waals surface area contributed by atoms with Gasteiger partial charge in [0.05, 0.1) is 0 Å². The number of H-pyrrole nitrogens is 1. The molecule has 9 heteroatoms. The molecule has 0 amide bonds. The second-order valence-electron chi connectivity index (χ2n) is 4.13. The molecule has 0 aromatic carbocycles. The monoisotopic (exact) mass is 501 g/mol. The Bertz CT molecular complexity index is 928. The fourth-order valence-electron chi connectivity index (χ4n) is 2.01. The summed E-state index contributed by atoms with van der Waals surface area (Å²) in [6, 6.07) is 0. The molecule has 102 valence electrons. The van der Waals surface area contributed by atoms with Crippen LogP contribution in [0.5, 0.6) is 0 Å². The van der Waals surface area contributed by atoms with E-state index in [0.717, 1.165) is 24.1 Å². The van der Waals surface area contributed by atoms with Crippen molar-refractivity contribution in [2.24, 2.45) is 9.98 Å². The Hall–Kier alpha value is -1.50. The minimum Gasteiger partial charge on any atom is -0.331 e. The standard InChI is InChI=1S/C12H5I2N7/c13-9-5-7(17-3-1-15-5)11(19-9)21-12-8-6(10(14)20-12)16-2-4-18-8/h1-4,19H. The smallest absolute Gasteiger partial charge is 0.183 e. The highest BCUT2D eigenvalue weighted by Gasteiger charge is 2.23. The molecule has 7 nitrogen and oxygen atoms in total. The molecular weight excluding hydrogens is 496 g/mol. The van der Waals surface area contributed by atoms with E-state index in [2.05, 4.69) is 80.1 Å².